The minimum absolute atomic E-state index is 0.601. The quantitative estimate of drug-likeness (QED) is 0.630. The summed E-state index contributed by atoms with van der Waals surface area (Å²) in [5, 5.41) is 0.601. The lowest BCUT2D eigenvalue weighted by atomic mass is 10.4. The molecule has 0 aliphatic rings. The molecule has 3 heteroatoms. The molecule has 1 radical (unpaired) electrons. The van der Waals surface area contributed by atoms with Crippen molar-refractivity contribution in [2.45, 2.75) is 0 Å². The molecule has 0 amide bonds. The van der Waals surface area contributed by atoms with Crippen molar-refractivity contribution in [3.8, 4) is 0 Å². The number of rotatable bonds is 0. The maximum absolute atomic E-state index is 5.68. The summed E-state index contributed by atoms with van der Waals surface area (Å²) in [5.41, 5.74) is 0. The highest BCUT2D eigenvalue weighted by Crippen LogP contribution is 2.29. The van der Waals surface area contributed by atoms with Crippen LogP contribution in [0.3, 0.4) is 0 Å². The summed E-state index contributed by atoms with van der Waals surface area (Å²) in [7, 11) is 0. The van der Waals surface area contributed by atoms with Crippen LogP contribution in [-0.2, 0) is 0 Å². The first-order chi connectivity index (χ1) is 4.22. The van der Waals surface area contributed by atoms with Crippen molar-refractivity contribution in [2.24, 2.45) is 0 Å². The van der Waals surface area contributed by atoms with Crippen molar-refractivity contribution in [1.29, 1.82) is 0 Å². The standard InChI is InChI=1S/C6H2Br2Cl/c7-4-2-1-3-5(9)6(4)8/h1-2H. The predicted octanol–water partition coefficient (Wildman–Crippen LogP) is 3.67. The van der Waals surface area contributed by atoms with Gasteiger partial charge in [0.15, 0.2) is 0 Å². The van der Waals surface area contributed by atoms with E-state index in [0.717, 1.165) is 8.95 Å². The van der Waals surface area contributed by atoms with E-state index in [1.54, 1.807) is 6.07 Å². The molecule has 47 valence electrons. The highest BCUT2D eigenvalue weighted by molar-refractivity contribution is 9.13. The molecular formula is C6H2Br2Cl. The number of hydrogen-bond acceptors (Lipinski definition) is 0. The Labute approximate surface area is 75.5 Å². The molecular weight excluding hydrogens is 267 g/mol. The van der Waals surface area contributed by atoms with Gasteiger partial charge in [0.2, 0.25) is 0 Å². The Balaban J connectivity index is 3.25. The van der Waals surface area contributed by atoms with Crippen molar-refractivity contribution in [3.05, 3.63) is 32.2 Å². The predicted molar refractivity (Wildman–Crippen MR) is 45.7 cm³/mol. The van der Waals surface area contributed by atoms with Crippen LogP contribution in [0, 0.1) is 6.07 Å². The highest BCUT2D eigenvalue weighted by Gasteiger charge is 1.98. The first kappa shape index (κ1) is 7.58. The third kappa shape index (κ3) is 1.69. The Morgan fingerprint density at radius 2 is 2.11 bits per heavy atom. The van der Waals surface area contributed by atoms with Gasteiger partial charge in [0.1, 0.15) is 0 Å². The summed E-state index contributed by atoms with van der Waals surface area (Å²) in [6, 6.07) is 6.46. The summed E-state index contributed by atoms with van der Waals surface area (Å²) < 4.78 is 1.80. The van der Waals surface area contributed by atoms with E-state index in [4.69, 9.17) is 11.6 Å². The first-order valence-electron chi connectivity index (χ1n) is 2.23. The molecule has 0 fully saturated rings. The van der Waals surface area contributed by atoms with Gasteiger partial charge in [-0.05, 0) is 37.9 Å². The molecule has 0 N–H and O–H groups in total. The van der Waals surface area contributed by atoms with Crippen LogP contribution in [0.25, 0.3) is 0 Å². The zero-order chi connectivity index (χ0) is 6.85. The highest BCUT2D eigenvalue weighted by atomic mass is 79.9. The van der Waals surface area contributed by atoms with E-state index in [1.807, 2.05) is 6.07 Å². The minimum atomic E-state index is 0.601. The molecule has 1 aromatic carbocycles. The summed E-state index contributed by atoms with van der Waals surface area (Å²) in [4.78, 5) is 0. The van der Waals surface area contributed by atoms with Gasteiger partial charge in [-0.3, -0.25) is 0 Å². The molecule has 0 nitrogen and oxygen atoms in total. The van der Waals surface area contributed by atoms with Gasteiger partial charge in [0.05, 0.1) is 9.50 Å². The van der Waals surface area contributed by atoms with Gasteiger partial charge in [-0.2, -0.15) is 0 Å². The van der Waals surface area contributed by atoms with Crippen LogP contribution >= 0.6 is 43.5 Å². The van der Waals surface area contributed by atoms with Gasteiger partial charge < -0.3 is 0 Å². The van der Waals surface area contributed by atoms with Crippen LogP contribution in [0.4, 0.5) is 0 Å². The minimum Gasteiger partial charge on any atom is -0.0824 e. The van der Waals surface area contributed by atoms with Crippen molar-refractivity contribution < 1.29 is 0 Å². The molecule has 0 saturated heterocycles. The van der Waals surface area contributed by atoms with Crippen LogP contribution in [0.1, 0.15) is 0 Å². The van der Waals surface area contributed by atoms with E-state index < -0.39 is 0 Å². The Hall–Kier alpha value is 0.470. The fourth-order valence-corrected chi connectivity index (χ4v) is 1.29. The first-order valence-corrected chi connectivity index (χ1v) is 4.19. The molecule has 0 aliphatic carbocycles. The largest absolute Gasteiger partial charge is 0.0824 e. The summed E-state index contributed by atoms with van der Waals surface area (Å²) >= 11 is 12.2. The zero-order valence-corrected chi connectivity index (χ0v) is 8.22. The monoisotopic (exact) mass is 267 g/mol. The number of benzene rings is 1. The molecule has 0 saturated carbocycles. The van der Waals surface area contributed by atoms with Gasteiger partial charge in [0.25, 0.3) is 0 Å². The third-order valence-electron chi connectivity index (χ3n) is 0.842. The van der Waals surface area contributed by atoms with E-state index in [1.165, 1.54) is 0 Å². The van der Waals surface area contributed by atoms with Gasteiger partial charge >= 0.3 is 0 Å². The Kier molecular flexibility index (Phi) is 2.56. The smallest absolute Gasteiger partial charge is 0.0638 e. The van der Waals surface area contributed by atoms with Gasteiger partial charge in [0, 0.05) is 10.5 Å². The molecule has 0 aliphatic heterocycles. The molecule has 0 aromatic heterocycles. The van der Waals surface area contributed by atoms with Crippen LogP contribution in [0.15, 0.2) is 21.1 Å². The second-order valence-corrected chi connectivity index (χ2v) is 3.48. The van der Waals surface area contributed by atoms with Crippen molar-refractivity contribution >= 4 is 43.5 Å². The maximum atomic E-state index is 5.68. The average Bonchev–Trinajstić information content (AvgIpc) is 1.83. The van der Waals surface area contributed by atoms with E-state index in [-0.39, 0.29) is 0 Å². The second kappa shape index (κ2) is 3.04. The maximum Gasteiger partial charge on any atom is 0.0638 e. The molecule has 0 bridgehead atoms. The molecule has 0 spiro atoms. The van der Waals surface area contributed by atoms with Crippen LogP contribution < -0.4 is 0 Å². The molecule has 0 atom stereocenters. The number of hydrogen-bond donors (Lipinski definition) is 0. The van der Waals surface area contributed by atoms with Gasteiger partial charge in [-0.25, -0.2) is 0 Å². The van der Waals surface area contributed by atoms with Gasteiger partial charge in [-0.1, -0.05) is 17.7 Å². The van der Waals surface area contributed by atoms with E-state index in [0.29, 0.717) is 5.02 Å². The lowest BCUT2D eigenvalue weighted by molar-refractivity contribution is 1.58. The average molecular weight is 269 g/mol. The topological polar surface area (TPSA) is 0 Å². The van der Waals surface area contributed by atoms with Crippen molar-refractivity contribution in [2.75, 3.05) is 0 Å². The zero-order valence-electron chi connectivity index (χ0n) is 4.29. The molecule has 9 heavy (non-hydrogen) atoms. The van der Waals surface area contributed by atoms with Gasteiger partial charge in [-0.15, -0.1) is 0 Å². The fraction of sp³-hybridized carbons (Fsp3) is 0. The van der Waals surface area contributed by atoms with Crippen molar-refractivity contribution in [1.82, 2.24) is 0 Å². The Bertz CT molecular complexity index is 202. The lowest BCUT2D eigenvalue weighted by Gasteiger charge is -1.94. The summed E-state index contributed by atoms with van der Waals surface area (Å²) in [6.07, 6.45) is 0. The normalized spacial score (nSPS) is 9.67. The summed E-state index contributed by atoms with van der Waals surface area (Å²) in [6.45, 7) is 0. The number of halogens is 3. The molecule has 0 heterocycles. The van der Waals surface area contributed by atoms with Crippen LogP contribution in [0.5, 0.6) is 0 Å². The van der Waals surface area contributed by atoms with E-state index in [9.17, 15) is 0 Å². The van der Waals surface area contributed by atoms with E-state index >= 15 is 0 Å². The fourth-order valence-electron chi connectivity index (χ4n) is 0.429. The lowest BCUT2D eigenvalue weighted by Crippen LogP contribution is -1.69. The van der Waals surface area contributed by atoms with E-state index in [2.05, 4.69) is 37.9 Å². The summed E-state index contributed by atoms with van der Waals surface area (Å²) in [5.74, 6) is 0. The van der Waals surface area contributed by atoms with Crippen LogP contribution in [-0.4, -0.2) is 0 Å². The Morgan fingerprint density at radius 3 is 2.56 bits per heavy atom. The van der Waals surface area contributed by atoms with Crippen molar-refractivity contribution in [3.63, 3.8) is 0 Å². The van der Waals surface area contributed by atoms with Crippen LogP contribution in [0.2, 0.25) is 5.02 Å². The molecule has 0 unspecified atom stereocenters. The second-order valence-electron chi connectivity index (χ2n) is 1.45. The Morgan fingerprint density at radius 1 is 1.44 bits per heavy atom. The molecule has 1 rings (SSSR count). The molecule has 1 aromatic rings. The third-order valence-corrected chi connectivity index (χ3v) is 3.39. The SMILES string of the molecule is Clc1[c]ccc(Br)c1Br.